The van der Waals surface area contributed by atoms with Crippen LogP contribution >= 0.6 is 11.8 Å². The van der Waals surface area contributed by atoms with E-state index in [0.29, 0.717) is 0 Å². The molecule has 16 heavy (non-hydrogen) atoms. The van der Waals surface area contributed by atoms with Gasteiger partial charge in [0.1, 0.15) is 5.03 Å². The topological polar surface area (TPSA) is 28.7 Å². The first kappa shape index (κ1) is 9.48. The van der Waals surface area contributed by atoms with Crippen molar-refractivity contribution in [1.82, 2.24) is 9.97 Å². The Kier molecular flexibility index (Phi) is 2.38. The molecule has 2 heterocycles. The molecule has 0 fully saturated rings. The lowest BCUT2D eigenvalue weighted by Gasteiger charge is -1.95. The summed E-state index contributed by atoms with van der Waals surface area (Å²) in [6, 6.07) is 16.4. The Morgan fingerprint density at radius 2 is 1.88 bits per heavy atom. The highest BCUT2D eigenvalue weighted by Gasteiger charge is 2.02. The van der Waals surface area contributed by atoms with Gasteiger partial charge >= 0.3 is 0 Å². The largest absolute Gasteiger partial charge is 0.349 e. The molecular formula is C13H10N2S. The molecule has 3 rings (SSSR count). The summed E-state index contributed by atoms with van der Waals surface area (Å²) >= 11 is 1.65. The Morgan fingerprint density at radius 1 is 1.00 bits per heavy atom. The quantitative estimate of drug-likeness (QED) is 0.721. The summed E-state index contributed by atoms with van der Waals surface area (Å²) in [6.45, 7) is 0. The number of pyridine rings is 1. The Balaban J connectivity index is 1.95. The number of aromatic nitrogens is 2. The van der Waals surface area contributed by atoms with Gasteiger partial charge in [0.15, 0.2) is 0 Å². The van der Waals surface area contributed by atoms with Crippen molar-refractivity contribution in [2.75, 3.05) is 0 Å². The molecule has 0 aliphatic heterocycles. The van der Waals surface area contributed by atoms with Gasteiger partial charge in [-0.2, -0.15) is 0 Å². The summed E-state index contributed by atoms with van der Waals surface area (Å²) in [5, 5.41) is 3.37. The second kappa shape index (κ2) is 4.02. The predicted molar refractivity (Wildman–Crippen MR) is 66.7 cm³/mol. The van der Waals surface area contributed by atoms with Crippen molar-refractivity contribution in [2.24, 2.45) is 0 Å². The average molecular weight is 226 g/mol. The van der Waals surface area contributed by atoms with Gasteiger partial charge in [-0.1, -0.05) is 36.0 Å². The van der Waals surface area contributed by atoms with Gasteiger partial charge in [-0.05, 0) is 24.3 Å². The zero-order chi connectivity index (χ0) is 10.8. The highest BCUT2D eigenvalue weighted by Crippen LogP contribution is 2.27. The second-order valence-electron chi connectivity index (χ2n) is 3.49. The molecule has 0 bridgehead atoms. The molecular weight excluding hydrogens is 216 g/mol. The van der Waals surface area contributed by atoms with E-state index in [9.17, 15) is 0 Å². The summed E-state index contributed by atoms with van der Waals surface area (Å²) in [7, 11) is 0. The van der Waals surface area contributed by atoms with Crippen LogP contribution in [-0.4, -0.2) is 9.97 Å². The standard InChI is InChI=1S/C13H10N2S/c1-2-6-11-10(5-1)9-13(15-11)16-12-7-3-4-8-14-12/h1-9,15H. The number of hydrogen-bond donors (Lipinski definition) is 1. The number of nitrogens with zero attached hydrogens (tertiary/aromatic N) is 1. The Labute approximate surface area is 97.7 Å². The molecule has 1 aromatic carbocycles. The first-order chi connectivity index (χ1) is 7.92. The maximum absolute atomic E-state index is 4.29. The van der Waals surface area contributed by atoms with Crippen LogP contribution in [0.25, 0.3) is 10.9 Å². The molecule has 1 N–H and O–H groups in total. The molecule has 0 aliphatic rings. The number of fused-ring (bicyclic) bond motifs is 1. The maximum atomic E-state index is 4.29. The van der Waals surface area contributed by atoms with Crippen molar-refractivity contribution in [2.45, 2.75) is 10.1 Å². The first-order valence-electron chi connectivity index (χ1n) is 5.08. The van der Waals surface area contributed by atoms with Crippen molar-refractivity contribution < 1.29 is 0 Å². The molecule has 0 atom stereocenters. The molecule has 78 valence electrons. The lowest BCUT2D eigenvalue weighted by Crippen LogP contribution is -1.76. The van der Waals surface area contributed by atoms with Crippen molar-refractivity contribution in [1.29, 1.82) is 0 Å². The Hall–Kier alpha value is -1.74. The number of H-pyrrole nitrogens is 1. The highest BCUT2D eigenvalue weighted by molar-refractivity contribution is 7.99. The van der Waals surface area contributed by atoms with E-state index in [0.717, 1.165) is 10.1 Å². The smallest absolute Gasteiger partial charge is 0.102 e. The molecule has 3 aromatic rings. The summed E-state index contributed by atoms with van der Waals surface area (Å²) in [4.78, 5) is 7.65. The van der Waals surface area contributed by atoms with E-state index in [1.165, 1.54) is 10.9 Å². The van der Waals surface area contributed by atoms with Gasteiger partial charge in [0.05, 0.1) is 5.03 Å². The van der Waals surface area contributed by atoms with Gasteiger partial charge in [0, 0.05) is 17.1 Å². The fourth-order valence-electron chi connectivity index (χ4n) is 1.62. The van der Waals surface area contributed by atoms with Gasteiger partial charge in [-0.3, -0.25) is 0 Å². The lowest BCUT2D eigenvalue weighted by atomic mass is 10.3. The van der Waals surface area contributed by atoms with Crippen LogP contribution in [-0.2, 0) is 0 Å². The average Bonchev–Trinajstić information content (AvgIpc) is 2.72. The number of benzene rings is 1. The summed E-state index contributed by atoms with van der Waals surface area (Å²) < 4.78 is 0. The Bertz CT molecular complexity index is 568. The zero-order valence-corrected chi connectivity index (χ0v) is 9.37. The van der Waals surface area contributed by atoms with Crippen LogP contribution in [0.5, 0.6) is 0 Å². The molecule has 0 spiro atoms. The molecule has 0 amide bonds. The van der Waals surface area contributed by atoms with Crippen LogP contribution in [0.3, 0.4) is 0 Å². The predicted octanol–water partition coefficient (Wildman–Crippen LogP) is 3.71. The van der Waals surface area contributed by atoms with Crippen LogP contribution < -0.4 is 0 Å². The van der Waals surface area contributed by atoms with Crippen LogP contribution in [0.1, 0.15) is 0 Å². The fraction of sp³-hybridized carbons (Fsp3) is 0. The lowest BCUT2D eigenvalue weighted by molar-refractivity contribution is 1.12. The van der Waals surface area contributed by atoms with Crippen molar-refractivity contribution in [3.05, 3.63) is 54.7 Å². The maximum Gasteiger partial charge on any atom is 0.102 e. The summed E-state index contributed by atoms with van der Waals surface area (Å²) in [5.41, 5.74) is 1.17. The number of rotatable bonds is 2. The van der Waals surface area contributed by atoms with Crippen molar-refractivity contribution in [3.8, 4) is 0 Å². The van der Waals surface area contributed by atoms with Crippen LogP contribution in [0.15, 0.2) is 64.8 Å². The highest BCUT2D eigenvalue weighted by atomic mass is 32.2. The van der Waals surface area contributed by atoms with Gasteiger partial charge in [-0.15, -0.1) is 0 Å². The molecule has 2 nitrogen and oxygen atoms in total. The summed E-state index contributed by atoms with van der Waals surface area (Å²) in [5.74, 6) is 0. The number of aromatic amines is 1. The number of para-hydroxylation sites is 1. The number of hydrogen-bond acceptors (Lipinski definition) is 2. The third kappa shape index (κ3) is 1.82. The van der Waals surface area contributed by atoms with Gasteiger partial charge < -0.3 is 4.98 Å². The van der Waals surface area contributed by atoms with Crippen molar-refractivity contribution in [3.63, 3.8) is 0 Å². The van der Waals surface area contributed by atoms with Gasteiger partial charge in [0.2, 0.25) is 0 Å². The first-order valence-corrected chi connectivity index (χ1v) is 5.90. The number of nitrogens with one attached hydrogen (secondary N) is 1. The van der Waals surface area contributed by atoms with Crippen LogP contribution in [0.2, 0.25) is 0 Å². The second-order valence-corrected chi connectivity index (χ2v) is 4.55. The van der Waals surface area contributed by atoms with E-state index >= 15 is 0 Å². The van der Waals surface area contributed by atoms with E-state index in [4.69, 9.17) is 0 Å². The van der Waals surface area contributed by atoms with Crippen LogP contribution in [0.4, 0.5) is 0 Å². The molecule has 0 aliphatic carbocycles. The van der Waals surface area contributed by atoms with E-state index in [1.807, 2.05) is 36.5 Å². The molecule has 0 unspecified atom stereocenters. The van der Waals surface area contributed by atoms with Crippen molar-refractivity contribution >= 4 is 22.7 Å². The minimum atomic E-state index is 1.01. The third-order valence-corrected chi connectivity index (χ3v) is 3.25. The minimum absolute atomic E-state index is 1.01. The molecule has 0 radical (unpaired) electrons. The minimum Gasteiger partial charge on any atom is -0.349 e. The van der Waals surface area contributed by atoms with E-state index < -0.39 is 0 Å². The Morgan fingerprint density at radius 3 is 2.69 bits per heavy atom. The van der Waals surface area contributed by atoms with Crippen LogP contribution in [0, 0.1) is 0 Å². The van der Waals surface area contributed by atoms with E-state index in [2.05, 4.69) is 28.2 Å². The molecule has 3 heteroatoms. The molecule has 2 aromatic heterocycles. The molecule has 0 saturated heterocycles. The third-order valence-electron chi connectivity index (χ3n) is 2.36. The summed E-state index contributed by atoms with van der Waals surface area (Å²) in [6.07, 6.45) is 1.81. The van der Waals surface area contributed by atoms with E-state index in [-0.39, 0.29) is 0 Å². The SMILES string of the molecule is c1ccc(Sc2cc3ccccc3[nH]2)nc1. The normalized spacial score (nSPS) is 10.8. The zero-order valence-electron chi connectivity index (χ0n) is 8.55. The molecule has 0 saturated carbocycles. The fourth-order valence-corrected chi connectivity index (χ4v) is 2.45. The monoisotopic (exact) mass is 226 g/mol. The van der Waals surface area contributed by atoms with Gasteiger partial charge in [-0.25, -0.2) is 4.98 Å². The van der Waals surface area contributed by atoms with E-state index in [1.54, 1.807) is 11.8 Å². The van der Waals surface area contributed by atoms with Gasteiger partial charge in [0.25, 0.3) is 0 Å².